The van der Waals surface area contributed by atoms with Gasteiger partial charge in [-0.1, -0.05) is 85.7 Å². The van der Waals surface area contributed by atoms with Crippen LogP contribution in [0, 0.1) is 12.7 Å². The van der Waals surface area contributed by atoms with Crippen LogP contribution in [0.25, 0.3) is 11.1 Å². The lowest BCUT2D eigenvalue weighted by Crippen LogP contribution is -2.40. The van der Waals surface area contributed by atoms with Crippen molar-refractivity contribution in [3.8, 4) is 11.1 Å². The second kappa shape index (κ2) is 16.6. The lowest BCUT2D eigenvalue weighted by Gasteiger charge is -2.27. The van der Waals surface area contributed by atoms with Gasteiger partial charge in [0.2, 0.25) is 5.91 Å². The molecule has 43 heavy (non-hydrogen) atoms. The molecule has 1 heterocycles. The summed E-state index contributed by atoms with van der Waals surface area (Å²) >= 11 is 7.40. The third-order valence-corrected chi connectivity index (χ3v) is 8.47. The van der Waals surface area contributed by atoms with Gasteiger partial charge in [-0.25, -0.2) is 4.39 Å². The fourth-order valence-electron chi connectivity index (χ4n) is 4.55. The van der Waals surface area contributed by atoms with Crippen molar-refractivity contribution in [2.75, 3.05) is 26.2 Å². The number of hydrogen-bond donors (Lipinski definition) is 0. The zero-order valence-electron chi connectivity index (χ0n) is 24.6. The van der Waals surface area contributed by atoms with Crippen LogP contribution >= 0.6 is 35.8 Å². The predicted octanol–water partition coefficient (Wildman–Crippen LogP) is 7.10. The van der Waals surface area contributed by atoms with Gasteiger partial charge < -0.3 is 14.4 Å². The molecule has 0 aliphatic rings. The molecular weight excluding hydrogens is 606 g/mol. The highest BCUT2D eigenvalue weighted by molar-refractivity contribution is 7.98. The standard InChI is InChI=1S/C33H36ClFN4O2S.ClH/c1-4-37(5-2)18-19-38(21-25-6-10-27(11-7-25)28-12-14-29(34)15-13-28)31(40)22-39-20-24(3)32(41)36-33(39)42-23-26-8-16-30(35)17-9-26;/h6-17,20H,4-5,18-19,21-23H2,1-3H3;1H. The lowest BCUT2D eigenvalue weighted by atomic mass is 10.0. The zero-order valence-corrected chi connectivity index (χ0v) is 27.0. The first-order chi connectivity index (χ1) is 20.2. The minimum absolute atomic E-state index is 0. The number of aromatic nitrogens is 2. The zero-order chi connectivity index (χ0) is 30.1. The molecule has 0 radical (unpaired) electrons. The van der Waals surface area contributed by atoms with Gasteiger partial charge in [0.25, 0.3) is 5.56 Å². The first-order valence-electron chi connectivity index (χ1n) is 14.1. The Balaban J connectivity index is 0.00000506. The molecule has 3 aromatic carbocycles. The highest BCUT2D eigenvalue weighted by atomic mass is 35.5. The Bertz CT molecular complexity index is 1530. The van der Waals surface area contributed by atoms with Gasteiger partial charge in [-0.3, -0.25) is 9.59 Å². The molecular formula is C33H37Cl2FN4O2S. The van der Waals surface area contributed by atoms with E-state index in [0.717, 1.165) is 41.9 Å². The summed E-state index contributed by atoms with van der Waals surface area (Å²) < 4.78 is 15.1. The molecule has 0 N–H and O–H groups in total. The van der Waals surface area contributed by atoms with Gasteiger partial charge in [0, 0.05) is 42.2 Å². The molecule has 1 amide bonds. The van der Waals surface area contributed by atoms with E-state index in [1.165, 1.54) is 23.9 Å². The van der Waals surface area contributed by atoms with Gasteiger partial charge in [0.05, 0.1) is 0 Å². The van der Waals surface area contributed by atoms with E-state index in [1.807, 2.05) is 29.2 Å². The Morgan fingerprint density at radius 3 is 2.09 bits per heavy atom. The number of carbonyl (C=O) groups excluding carboxylic acids is 1. The van der Waals surface area contributed by atoms with Crippen molar-refractivity contribution in [2.24, 2.45) is 0 Å². The highest BCUT2D eigenvalue weighted by Gasteiger charge is 2.18. The Kier molecular flexibility index (Phi) is 13.3. The van der Waals surface area contributed by atoms with Crippen molar-refractivity contribution in [1.82, 2.24) is 19.4 Å². The molecule has 0 unspecified atom stereocenters. The van der Waals surface area contributed by atoms with Crippen LogP contribution in [0.5, 0.6) is 0 Å². The molecule has 0 saturated carbocycles. The molecule has 4 rings (SSSR count). The monoisotopic (exact) mass is 642 g/mol. The van der Waals surface area contributed by atoms with Crippen molar-refractivity contribution in [2.45, 2.75) is 44.8 Å². The van der Waals surface area contributed by atoms with Crippen molar-refractivity contribution < 1.29 is 9.18 Å². The minimum atomic E-state index is -0.320. The smallest absolute Gasteiger partial charge is 0.276 e. The second-order valence-electron chi connectivity index (χ2n) is 10.1. The molecule has 0 saturated heterocycles. The number of aryl methyl sites for hydroxylation is 1. The summed E-state index contributed by atoms with van der Waals surface area (Å²) in [5, 5.41) is 1.15. The Hall–Kier alpha value is -3.17. The molecule has 1 aromatic heterocycles. The van der Waals surface area contributed by atoms with Crippen LogP contribution in [0.15, 0.2) is 88.9 Å². The number of hydrogen-bond acceptors (Lipinski definition) is 5. The molecule has 0 aliphatic heterocycles. The fraction of sp³-hybridized carbons (Fsp3) is 0.303. The number of thioether (sulfide) groups is 1. The first-order valence-corrected chi connectivity index (χ1v) is 15.4. The third-order valence-electron chi connectivity index (χ3n) is 7.15. The van der Waals surface area contributed by atoms with E-state index >= 15 is 0 Å². The largest absolute Gasteiger partial charge is 0.336 e. The van der Waals surface area contributed by atoms with E-state index in [0.29, 0.717) is 34.6 Å². The number of rotatable bonds is 13. The topological polar surface area (TPSA) is 58.4 Å². The number of amides is 1. The highest BCUT2D eigenvalue weighted by Crippen LogP contribution is 2.23. The SMILES string of the molecule is CCN(CC)CCN(Cc1ccc(-c2ccc(Cl)cc2)cc1)C(=O)Cn1cc(C)c(=O)nc1SCc1ccc(F)cc1.Cl. The van der Waals surface area contributed by atoms with E-state index in [-0.39, 0.29) is 36.2 Å². The number of benzene rings is 3. The van der Waals surface area contributed by atoms with Crippen LogP contribution in [-0.4, -0.2) is 51.4 Å². The molecule has 0 bridgehead atoms. The fourth-order valence-corrected chi connectivity index (χ4v) is 5.59. The summed E-state index contributed by atoms with van der Waals surface area (Å²) in [6, 6.07) is 22.2. The van der Waals surface area contributed by atoms with Crippen molar-refractivity contribution >= 4 is 41.7 Å². The van der Waals surface area contributed by atoms with Crippen molar-refractivity contribution in [3.63, 3.8) is 0 Å². The van der Waals surface area contributed by atoms with E-state index in [1.54, 1.807) is 29.8 Å². The number of nitrogens with zero attached hydrogens (tertiary/aromatic N) is 4. The summed E-state index contributed by atoms with van der Waals surface area (Å²) in [5.41, 5.74) is 4.24. The molecule has 0 spiro atoms. The van der Waals surface area contributed by atoms with E-state index in [2.05, 4.69) is 48.0 Å². The number of halogens is 3. The van der Waals surface area contributed by atoms with E-state index < -0.39 is 0 Å². The maximum absolute atomic E-state index is 13.8. The predicted molar refractivity (Wildman–Crippen MR) is 177 cm³/mol. The normalized spacial score (nSPS) is 10.9. The average molecular weight is 644 g/mol. The van der Waals surface area contributed by atoms with Gasteiger partial charge in [0.1, 0.15) is 12.4 Å². The summed E-state index contributed by atoms with van der Waals surface area (Å²) in [6.07, 6.45) is 1.70. The molecule has 10 heteroatoms. The summed E-state index contributed by atoms with van der Waals surface area (Å²) in [6.45, 7) is 9.59. The number of likely N-dealkylation sites (N-methyl/N-ethyl adjacent to an activating group) is 1. The van der Waals surface area contributed by atoms with E-state index in [9.17, 15) is 14.0 Å². The molecule has 0 atom stereocenters. The summed E-state index contributed by atoms with van der Waals surface area (Å²) in [4.78, 5) is 34.6. The van der Waals surface area contributed by atoms with Gasteiger partial charge in [-0.05, 0) is 66.5 Å². The maximum Gasteiger partial charge on any atom is 0.276 e. The molecule has 0 aliphatic carbocycles. The average Bonchev–Trinajstić information content (AvgIpc) is 2.99. The van der Waals surface area contributed by atoms with Crippen LogP contribution in [0.1, 0.15) is 30.5 Å². The molecule has 6 nitrogen and oxygen atoms in total. The Morgan fingerprint density at radius 1 is 0.907 bits per heavy atom. The molecule has 228 valence electrons. The van der Waals surface area contributed by atoms with E-state index in [4.69, 9.17) is 11.6 Å². The third kappa shape index (κ3) is 9.93. The van der Waals surface area contributed by atoms with Crippen LogP contribution in [-0.2, 0) is 23.6 Å². The molecule has 0 fully saturated rings. The van der Waals surface area contributed by atoms with Crippen LogP contribution in [0.3, 0.4) is 0 Å². The summed E-state index contributed by atoms with van der Waals surface area (Å²) in [5.74, 6) is 0.136. The van der Waals surface area contributed by atoms with Gasteiger partial charge in [-0.2, -0.15) is 4.98 Å². The van der Waals surface area contributed by atoms with Crippen molar-refractivity contribution in [1.29, 1.82) is 0 Å². The second-order valence-corrected chi connectivity index (χ2v) is 11.5. The Morgan fingerprint density at radius 2 is 1.49 bits per heavy atom. The van der Waals surface area contributed by atoms with Gasteiger partial charge in [-0.15, -0.1) is 12.4 Å². The van der Waals surface area contributed by atoms with Crippen LogP contribution in [0.4, 0.5) is 4.39 Å². The Labute approximate surface area is 268 Å². The summed E-state index contributed by atoms with van der Waals surface area (Å²) in [7, 11) is 0. The quantitative estimate of drug-likeness (QED) is 0.115. The minimum Gasteiger partial charge on any atom is -0.336 e. The lowest BCUT2D eigenvalue weighted by molar-refractivity contribution is -0.132. The molecule has 4 aromatic rings. The van der Waals surface area contributed by atoms with Crippen LogP contribution in [0.2, 0.25) is 5.02 Å². The van der Waals surface area contributed by atoms with Crippen molar-refractivity contribution in [3.05, 3.63) is 117 Å². The number of carbonyl (C=O) groups is 1. The van der Waals surface area contributed by atoms with Crippen LogP contribution < -0.4 is 5.56 Å². The maximum atomic E-state index is 13.8. The first kappa shape index (κ1) is 34.3. The van der Waals surface area contributed by atoms with Gasteiger partial charge >= 0.3 is 0 Å². The van der Waals surface area contributed by atoms with Gasteiger partial charge in [0.15, 0.2) is 5.16 Å².